The summed E-state index contributed by atoms with van der Waals surface area (Å²) in [4.78, 5) is 30.0. The highest BCUT2D eigenvalue weighted by Gasteiger charge is 2.19. The highest BCUT2D eigenvalue weighted by atomic mass is 32.1. The number of nitrogens with zero attached hydrogens (tertiary/aromatic N) is 2. The van der Waals surface area contributed by atoms with E-state index in [9.17, 15) is 19.8 Å². The quantitative estimate of drug-likeness (QED) is 0.341. The lowest BCUT2D eigenvalue weighted by Crippen LogP contribution is -2.15. The van der Waals surface area contributed by atoms with Gasteiger partial charge in [0.25, 0.3) is 5.56 Å². The maximum Gasteiger partial charge on any atom is 0.342 e. The number of benzene rings is 3. The van der Waals surface area contributed by atoms with Crippen molar-refractivity contribution in [1.82, 2.24) is 9.38 Å². The van der Waals surface area contributed by atoms with E-state index in [0.29, 0.717) is 21.4 Å². The molecule has 0 aliphatic heterocycles. The summed E-state index contributed by atoms with van der Waals surface area (Å²) in [6.45, 7) is -0.244. The zero-order valence-corrected chi connectivity index (χ0v) is 16.2. The van der Waals surface area contributed by atoms with Gasteiger partial charge in [-0.1, -0.05) is 47.7 Å². The van der Waals surface area contributed by atoms with Crippen molar-refractivity contribution in [2.24, 2.45) is 0 Å². The third-order valence-corrected chi connectivity index (χ3v) is 5.84. The minimum atomic E-state index is -0.827. The number of aromatic hydroxyl groups is 2. The van der Waals surface area contributed by atoms with Crippen LogP contribution in [0.25, 0.3) is 25.9 Å². The number of para-hydroxylation sites is 1. The molecule has 0 aliphatic rings. The second kappa shape index (κ2) is 6.85. The number of phenolic OH excluding ortho intramolecular Hbond substituents is 2. The maximum atomic E-state index is 12.6. The zero-order valence-electron chi connectivity index (χ0n) is 15.4. The molecule has 0 amide bonds. The molecule has 2 heterocycles. The third kappa shape index (κ3) is 2.85. The van der Waals surface area contributed by atoms with Gasteiger partial charge >= 0.3 is 5.97 Å². The molecule has 0 saturated carbocycles. The first kappa shape index (κ1) is 18.1. The summed E-state index contributed by atoms with van der Waals surface area (Å²) in [5, 5.41) is 21.4. The molecule has 5 aromatic rings. The van der Waals surface area contributed by atoms with E-state index in [1.54, 1.807) is 24.3 Å². The number of rotatable bonds is 3. The number of thiazole rings is 1. The molecule has 148 valence electrons. The summed E-state index contributed by atoms with van der Waals surface area (Å²) in [6.07, 6.45) is 0. The van der Waals surface area contributed by atoms with Gasteiger partial charge in [-0.2, -0.15) is 0 Å². The van der Waals surface area contributed by atoms with E-state index in [0.717, 1.165) is 16.3 Å². The lowest BCUT2D eigenvalue weighted by Gasteiger charge is -2.10. The van der Waals surface area contributed by atoms with Crippen LogP contribution in [0.1, 0.15) is 16.1 Å². The minimum absolute atomic E-state index is 0.140. The van der Waals surface area contributed by atoms with E-state index >= 15 is 0 Å². The summed E-state index contributed by atoms with van der Waals surface area (Å²) < 4.78 is 7.70. The van der Waals surface area contributed by atoms with Crippen molar-refractivity contribution in [2.75, 3.05) is 0 Å². The largest absolute Gasteiger partial charge is 0.507 e. The minimum Gasteiger partial charge on any atom is -0.507 e. The van der Waals surface area contributed by atoms with Gasteiger partial charge in [-0.15, -0.1) is 0 Å². The van der Waals surface area contributed by atoms with Crippen LogP contribution in [0.15, 0.2) is 65.5 Å². The molecular formula is C22H14N2O5S. The average Bonchev–Trinajstić information content (AvgIpc) is 3.13. The number of phenols is 2. The Balaban J connectivity index is 1.46. The smallest absolute Gasteiger partial charge is 0.342 e. The van der Waals surface area contributed by atoms with Gasteiger partial charge in [0.1, 0.15) is 23.7 Å². The highest BCUT2D eigenvalue weighted by molar-refractivity contribution is 7.23. The molecule has 0 spiro atoms. The summed E-state index contributed by atoms with van der Waals surface area (Å²) >= 11 is 1.36. The molecule has 8 heteroatoms. The van der Waals surface area contributed by atoms with Crippen LogP contribution < -0.4 is 5.56 Å². The second-order valence-electron chi connectivity index (χ2n) is 6.69. The van der Waals surface area contributed by atoms with Crippen molar-refractivity contribution in [1.29, 1.82) is 0 Å². The molecule has 5 rings (SSSR count). The van der Waals surface area contributed by atoms with Gasteiger partial charge in [0.2, 0.25) is 0 Å². The molecule has 3 aromatic carbocycles. The van der Waals surface area contributed by atoms with Gasteiger partial charge in [-0.25, -0.2) is 9.78 Å². The number of carbonyl (C=O) groups excluding carboxylic acids is 1. The van der Waals surface area contributed by atoms with Crippen molar-refractivity contribution < 1.29 is 19.7 Å². The Hall–Kier alpha value is -3.91. The van der Waals surface area contributed by atoms with Crippen molar-refractivity contribution in [3.63, 3.8) is 0 Å². The molecular weight excluding hydrogens is 404 g/mol. The normalized spacial score (nSPS) is 11.3. The Morgan fingerprint density at radius 2 is 1.77 bits per heavy atom. The summed E-state index contributed by atoms with van der Waals surface area (Å²) in [5.74, 6) is -1.24. The summed E-state index contributed by atoms with van der Waals surface area (Å²) in [6, 6.07) is 16.6. The summed E-state index contributed by atoms with van der Waals surface area (Å²) in [5.41, 5.74) is 0.639. The summed E-state index contributed by atoms with van der Waals surface area (Å²) in [7, 11) is 0. The van der Waals surface area contributed by atoms with Crippen LogP contribution in [-0.2, 0) is 11.3 Å². The fraction of sp³-hybridized carbons (Fsp3) is 0.0455. The first-order chi connectivity index (χ1) is 14.5. The second-order valence-corrected chi connectivity index (χ2v) is 7.70. The van der Waals surface area contributed by atoms with E-state index in [-0.39, 0.29) is 29.2 Å². The Kier molecular flexibility index (Phi) is 4.14. The number of hydrogen-bond acceptors (Lipinski definition) is 7. The monoisotopic (exact) mass is 418 g/mol. The lowest BCUT2D eigenvalue weighted by atomic mass is 10.0. The van der Waals surface area contributed by atoms with Crippen LogP contribution in [0.3, 0.4) is 0 Å². The first-order valence-electron chi connectivity index (χ1n) is 9.04. The number of ether oxygens (including phenoxy) is 1. The van der Waals surface area contributed by atoms with Crippen molar-refractivity contribution in [3.05, 3.63) is 82.3 Å². The topological polar surface area (TPSA) is 101 Å². The molecule has 0 aliphatic carbocycles. The molecule has 0 atom stereocenters. The Bertz CT molecular complexity index is 1520. The van der Waals surface area contributed by atoms with Crippen LogP contribution >= 0.6 is 11.3 Å². The molecule has 2 aromatic heterocycles. The average molecular weight is 418 g/mol. The molecule has 0 bridgehead atoms. The first-order valence-corrected chi connectivity index (χ1v) is 9.85. The fourth-order valence-electron chi connectivity index (χ4n) is 3.41. The standard InChI is InChI=1S/C22H14N2O5S/c25-17-10-15(20(27)14-6-2-1-5-13(14)17)21(28)29-11-12-9-19(26)24-16-7-3-4-8-18(16)30-22(24)23-12/h1-10,25,27H,11H2. The van der Waals surface area contributed by atoms with Crippen molar-refractivity contribution >= 4 is 43.3 Å². The van der Waals surface area contributed by atoms with E-state index in [1.165, 1.54) is 21.8 Å². The third-order valence-electron chi connectivity index (χ3n) is 4.81. The maximum absolute atomic E-state index is 12.6. The van der Waals surface area contributed by atoms with Gasteiger partial charge in [0.15, 0.2) is 4.96 Å². The number of fused-ring (bicyclic) bond motifs is 4. The number of hydrogen-bond donors (Lipinski definition) is 2. The van der Waals surface area contributed by atoms with Gasteiger partial charge in [0, 0.05) is 16.8 Å². The van der Waals surface area contributed by atoms with E-state index in [2.05, 4.69) is 4.98 Å². The van der Waals surface area contributed by atoms with Crippen LogP contribution in [0.5, 0.6) is 11.5 Å². The Morgan fingerprint density at radius 1 is 1.03 bits per heavy atom. The zero-order chi connectivity index (χ0) is 20.8. The van der Waals surface area contributed by atoms with Gasteiger partial charge in [0.05, 0.1) is 15.9 Å². The molecule has 0 fully saturated rings. The van der Waals surface area contributed by atoms with E-state index in [4.69, 9.17) is 4.74 Å². The predicted octanol–water partition coefficient (Wildman–Crippen LogP) is 3.83. The fourth-order valence-corrected chi connectivity index (χ4v) is 4.46. The van der Waals surface area contributed by atoms with Crippen molar-refractivity contribution in [3.8, 4) is 11.5 Å². The molecule has 7 nitrogen and oxygen atoms in total. The Labute approximate surface area is 173 Å². The van der Waals surface area contributed by atoms with Crippen LogP contribution in [0.2, 0.25) is 0 Å². The van der Waals surface area contributed by atoms with E-state index < -0.39 is 5.97 Å². The molecule has 30 heavy (non-hydrogen) atoms. The predicted molar refractivity (Wildman–Crippen MR) is 113 cm³/mol. The van der Waals surface area contributed by atoms with Crippen LogP contribution in [0.4, 0.5) is 0 Å². The van der Waals surface area contributed by atoms with Crippen molar-refractivity contribution in [2.45, 2.75) is 6.61 Å². The molecule has 0 saturated heterocycles. The molecule has 2 N–H and O–H groups in total. The Morgan fingerprint density at radius 3 is 2.60 bits per heavy atom. The SMILES string of the molecule is O=C(OCc1cc(=O)n2c(n1)sc1ccccc12)c1cc(O)c2ccccc2c1O. The van der Waals surface area contributed by atoms with E-state index in [1.807, 2.05) is 24.3 Å². The van der Waals surface area contributed by atoms with Gasteiger partial charge in [-0.3, -0.25) is 9.20 Å². The van der Waals surface area contributed by atoms with Gasteiger partial charge < -0.3 is 14.9 Å². The molecule has 0 radical (unpaired) electrons. The number of aromatic nitrogens is 2. The lowest BCUT2D eigenvalue weighted by molar-refractivity contribution is 0.0464. The van der Waals surface area contributed by atoms with Gasteiger partial charge in [-0.05, 0) is 18.2 Å². The number of esters is 1. The van der Waals surface area contributed by atoms with Crippen LogP contribution in [-0.4, -0.2) is 25.6 Å². The number of carbonyl (C=O) groups is 1. The highest BCUT2D eigenvalue weighted by Crippen LogP contribution is 2.35. The molecule has 0 unspecified atom stereocenters. The van der Waals surface area contributed by atoms with Crippen LogP contribution in [0, 0.1) is 0 Å².